The number of amides is 1. The van der Waals surface area contributed by atoms with E-state index in [2.05, 4.69) is 10.5 Å². The van der Waals surface area contributed by atoms with E-state index in [-0.39, 0.29) is 35.6 Å². The standard InChI is InChI=1S/C26H28ClN3O4S/c1-18-3-5-20(6-4-18)9-12-24-25(19(2)29-34-24)35(32,33)30-15-13-22(14-16-30)26(31)28-17-21-7-10-23(27)11-8-21/h3-12,22H,13-17H2,1-2H3,(H,28,31)/b12-9+. The second-order valence-corrected chi connectivity index (χ2v) is 11.0. The fourth-order valence-electron chi connectivity index (χ4n) is 4.07. The van der Waals surface area contributed by atoms with Crippen molar-refractivity contribution < 1.29 is 17.7 Å². The number of aryl methyl sites for hydroxylation is 2. The van der Waals surface area contributed by atoms with Crippen molar-refractivity contribution in [1.82, 2.24) is 14.8 Å². The lowest BCUT2D eigenvalue weighted by molar-refractivity contribution is -0.126. The van der Waals surface area contributed by atoms with Crippen LogP contribution in [0.3, 0.4) is 0 Å². The molecule has 0 saturated carbocycles. The molecule has 1 amide bonds. The van der Waals surface area contributed by atoms with Crippen LogP contribution in [0.25, 0.3) is 12.2 Å². The van der Waals surface area contributed by atoms with Crippen molar-refractivity contribution in [3.8, 4) is 0 Å². The van der Waals surface area contributed by atoms with E-state index < -0.39 is 10.0 Å². The summed E-state index contributed by atoms with van der Waals surface area (Å²) in [5.74, 6) is -0.107. The monoisotopic (exact) mass is 513 g/mol. The van der Waals surface area contributed by atoms with E-state index in [1.807, 2.05) is 43.3 Å². The highest BCUT2D eigenvalue weighted by Crippen LogP contribution is 2.29. The van der Waals surface area contributed by atoms with E-state index in [4.69, 9.17) is 16.1 Å². The molecular weight excluding hydrogens is 486 g/mol. The maximum atomic E-state index is 13.4. The number of carbonyl (C=O) groups is 1. The summed E-state index contributed by atoms with van der Waals surface area (Å²) in [6.45, 7) is 4.55. The van der Waals surface area contributed by atoms with Gasteiger partial charge in [0.1, 0.15) is 5.69 Å². The quantitative estimate of drug-likeness (QED) is 0.488. The van der Waals surface area contributed by atoms with Crippen molar-refractivity contribution in [1.29, 1.82) is 0 Å². The lowest BCUT2D eigenvalue weighted by atomic mass is 9.97. The third kappa shape index (κ3) is 6.01. The van der Waals surface area contributed by atoms with Gasteiger partial charge < -0.3 is 9.84 Å². The average Bonchev–Trinajstić information content (AvgIpc) is 3.24. The van der Waals surface area contributed by atoms with Gasteiger partial charge in [-0.05, 0) is 56.0 Å². The number of hydrogen-bond donors (Lipinski definition) is 1. The van der Waals surface area contributed by atoms with Crippen LogP contribution in [-0.4, -0.2) is 36.9 Å². The minimum absolute atomic E-state index is 0.0696. The van der Waals surface area contributed by atoms with Gasteiger partial charge in [-0.3, -0.25) is 4.79 Å². The first-order valence-electron chi connectivity index (χ1n) is 11.5. The number of nitrogens with one attached hydrogen (secondary N) is 1. The van der Waals surface area contributed by atoms with Crippen molar-refractivity contribution in [2.24, 2.45) is 5.92 Å². The fraction of sp³-hybridized carbons (Fsp3) is 0.308. The van der Waals surface area contributed by atoms with Crippen molar-refractivity contribution in [3.63, 3.8) is 0 Å². The molecule has 1 aliphatic heterocycles. The zero-order valence-corrected chi connectivity index (χ0v) is 21.3. The third-order valence-corrected chi connectivity index (χ3v) is 8.45. The minimum atomic E-state index is -3.82. The van der Waals surface area contributed by atoms with Crippen molar-refractivity contribution in [2.45, 2.75) is 38.1 Å². The van der Waals surface area contributed by atoms with Crippen LogP contribution in [0.1, 0.15) is 41.0 Å². The molecule has 1 aromatic heterocycles. The molecule has 1 N–H and O–H groups in total. The first-order chi connectivity index (χ1) is 16.7. The van der Waals surface area contributed by atoms with Crippen LogP contribution >= 0.6 is 11.6 Å². The van der Waals surface area contributed by atoms with Gasteiger partial charge in [-0.15, -0.1) is 0 Å². The molecule has 0 aliphatic carbocycles. The topological polar surface area (TPSA) is 92.5 Å². The number of rotatable bonds is 7. The van der Waals surface area contributed by atoms with Gasteiger partial charge in [-0.1, -0.05) is 64.8 Å². The largest absolute Gasteiger partial charge is 0.355 e. The highest BCUT2D eigenvalue weighted by atomic mass is 35.5. The van der Waals surface area contributed by atoms with Gasteiger partial charge in [0.25, 0.3) is 0 Å². The predicted octanol–water partition coefficient (Wildman–Crippen LogP) is 4.83. The molecule has 1 aliphatic rings. The van der Waals surface area contributed by atoms with Crippen LogP contribution in [-0.2, 0) is 21.4 Å². The Labute approximate surface area is 210 Å². The molecule has 0 unspecified atom stereocenters. The summed E-state index contributed by atoms with van der Waals surface area (Å²) in [4.78, 5) is 12.7. The first-order valence-corrected chi connectivity index (χ1v) is 13.3. The number of piperidine rings is 1. The first kappa shape index (κ1) is 25.2. The van der Waals surface area contributed by atoms with Crippen LogP contribution in [0.15, 0.2) is 57.9 Å². The average molecular weight is 514 g/mol. The molecule has 9 heteroatoms. The lowest BCUT2D eigenvalue weighted by Gasteiger charge is -2.30. The number of benzene rings is 2. The summed E-state index contributed by atoms with van der Waals surface area (Å²) in [7, 11) is -3.82. The van der Waals surface area contributed by atoms with Crippen molar-refractivity contribution in [3.05, 3.63) is 81.7 Å². The molecule has 1 saturated heterocycles. The molecule has 0 spiro atoms. The van der Waals surface area contributed by atoms with Gasteiger partial charge in [-0.25, -0.2) is 8.42 Å². The SMILES string of the molecule is Cc1ccc(/C=C/c2onc(C)c2S(=O)(=O)N2CCC(C(=O)NCc3ccc(Cl)cc3)CC2)cc1. The predicted molar refractivity (Wildman–Crippen MR) is 136 cm³/mol. The van der Waals surface area contributed by atoms with E-state index >= 15 is 0 Å². The number of halogens is 1. The van der Waals surface area contributed by atoms with Crippen LogP contribution in [0.4, 0.5) is 0 Å². The number of aromatic nitrogens is 1. The normalized spacial score (nSPS) is 15.5. The molecule has 1 fully saturated rings. The van der Waals surface area contributed by atoms with Gasteiger partial charge in [0, 0.05) is 30.6 Å². The van der Waals surface area contributed by atoms with Crippen LogP contribution in [0, 0.1) is 19.8 Å². The maximum absolute atomic E-state index is 13.4. The zero-order chi connectivity index (χ0) is 25.0. The Morgan fingerprint density at radius 3 is 2.40 bits per heavy atom. The Bertz CT molecular complexity index is 1310. The Morgan fingerprint density at radius 2 is 1.74 bits per heavy atom. The number of nitrogens with zero attached hydrogens (tertiary/aromatic N) is 2. The maximum Gasteiger partial charge on any atom is 0.248 e. The summed E-state index contributed by atoms with van der Waals surface area (Å²) >= 11 is 5.90. The Morgan fingerprint density at radius 1 is 1.09 bits per heavy atom. The van der Waals surface area contributed by atoms with Crippen molar-refractivity contribution >= 4 is 39.7 Å². The lowest BCUT2D eigenvalue weighted by Crippen LogP contribution is -2.43. The second kappa shape index (κ2) is 10.8. The van der Waals surface area contributed by atoms with Crippen LogP contribution in [0.2, 0.25) is 5.02 Å². The Hall–Kier alpha value is -2.94. The molecule has 0 radical (unpaired) electrons. The summed E-state index contributed by atoms with van der Waals surface area (Å²) in [6.07, 6.45) is 4.33. The molecule has 2 aromatic carbocycles. The van der Waals surface area contributed by atoms with Crippen molar-refractivity contribution in [2.75, 3.05) is 13.1 Å². The molecule has 4 rings (SSSR count). The number of carbonyl (C=O) groups excluding carboxylic acids is 1. The zero-order valence-electron chi connectivity index (χ0n) is 19.7. The molecule has 35 heavy (non-hydrogen) atoms. The number of sulfonamides is 1. The smallest absolute Gasteiger partial charge is 0.248 e. The van der Waals surface area contributed by atoms with E-state index in [0.29, 0.717) is 30.1 Å². The van der Waals surface area contributed by atoms with Gasteiger partial charge >= 0.3 is 0 Å². The van der Waals surface area contributed by atoms with Crippen LogP contribution in [0.5, 0.6) is 0 Å². The third-order valence-electron chi connectivity index (χ3n) is 6.14. The van der Waals surface area contributed by atoms with Gasteiger partial charge in [0.2, 0.25) is 15.9 Å². The van der Waals surface area contributed by atoms with E-state index in [0.717, 1.165) is 16.7 Å². The molecule has 7 nitrogen and oxygen atoms in total. The van der Waals surface area contributed by atoms with Gasteiger partial charge in [0.05, 0.1) is 0 Å². The van der Waals surface area contributed by atoms with E-state index in [9.17, 15) is 13.2 Å². The van der Waals surface area contributed by atoms with E-state index in [1.165, 1.54) is 4.31 Å². The molecule has 184 valence electrons. The summed E-state index contributed by atoms with van der Waals surface area (Å²) in [5.41, 5.74) is 3.34. The second-order valence-electron chi connectivity index (χ2n) is 8.73. The summed E-state index contributed by atoms with van der Waals surface area (Å²) < 4.78 is 33.6. The molecule has 2 heterocycles. The molecule has 3 aromatic rings. The Balaban J connectivity index is 1.39. The Kier molecular flexibility index (Phi) is 7.74. The van der Waals surface area contributed by atoms with Gasteiger partial charge in [-0.2, -0.15) is 4.31 Å². The highest BCUT2D eigenvalue weighted by molar-refractivity contribution is 7.89. The minimum Gasteiger partial charge on any atom is -0.355 e. The molecule has 0 atom stereocenters. The summed E-state index contributed by atoms with van der Waals surface area (Å²) in [6, 6.07) is 15.2. The van der Waals surface area contributed by atoms with Gasteiger partial charge in [0.15, 0.2) is 10.7 Å². The fourth-order valence-corrected chi connectivity index (χ4v) is 5.92. The summed E-state index contributed by atoms with van der Waals surface area (Å²) in [5, 5.41) is 7.48. The molecular formula is C26H28ClN3O4S. The molecule has 0 bridgehead atoms. The van der Waals surface area contributed by atoms with Crippen LogP contribution < -0.4 is 5.32 Å². The number of hydrogen-bond acceptors (Lipinski definition) is 5. The highest BCUT2D eigenvalue weighted by Gasteiger charge is 2.35. The van der Waals surface area contributed by atoms with E-state index in [1.54, 1.807) is 31.2 Å².